The second-order valence-electron chi connectivity index (χ2n) is 7.50. The van der Waals surface area contributed by atoms with Gasteiger partial charge in [0.2, 0.25) is 0 Å². The fourth-order valence-corrected chi connectivity index (χ4v) is 4.37. The van der Waals surface area contributed by atoms with Gasteiger partial charge in [0, 0.05) is 11.3 Å². The highest BCUT2D eigenvalue weighted by Crippen LogP contribution is 2.35. The predicted molar refractivity (Wildman–Crippen MR) is 128 cm³/mol. The highest BCUT2D eigenvalue weighted by molar-refractivity contribution is 7.18. The van der Waals surface area contributed by atoms with Gasteiger partial charge in [-0.3, -0.25) is 9.59 Å². The zero-order valence-electron chi connectivity index (χ0n) is 18.8. The topological polar surface area (TPSA) is 84.5 Å². The van der Waals surface area contributed by atoms with Gasteiger partial charge in [0.25, 0.3) is 11.8 Å². The molecule has 1 aromatic heterocycles. The largest absolute Gasteiger partial charge is 0.462 e. The van der Waals surface area contributed by atoms with E-state index in [1.807, 2.05) is 51.1 Å². The van der Waals surface area contributed by atoms with Crippen LogP contribution in [0.5, 0.6) is 0 Å². The van der Waals surface area contributed by atoms with Crippen molar-refractivity contribution in [3.8, 4) is 0 Å². The molecule has 1 heterocycles. The molecule has 0 saturated heterocycles. The highest BCUT2D eigenvalue weighted by Gasteiger charge is 2.27. The van der Waals surface area contributed by atoms with E-state index < -0.39 is 11.9 Å². The van der Waals surface area contributed by atoms with E-state index in [-0.39, 0.29) is 23.0 Å². The first-order chi connectivity index (χ1) is 15.2. The van der Waals surface area contributed by atoms with Gasteiger partial charge in [0.05, 0.1) is 12.2 Å². The summed E-state index contributed by atoms with van der Waals surface area (Å²) in [7, 11) is 0. The van der Waals surface area contributed by atoms with Crippen molar-refractivity contribution in [3.63, 3.8) is 0 Å². The molecule has 0 unspecified atom stereocenters. The molecule has 7 heteroatoms. The minimum absolute atomic E-state index is 0.214. The number of hydrogen-bond acceptors (Lipinski definition) is 5. The minimum Gasteiger partial charge on any atom is -0.462 e. The summed E-state index contributed by atoms with van der Waals surface area (Å²) in [6.45, 7) is 9.41. The van der Waals surface area contributed by atoms with Crippen LogP contribution < -0.4 is 10.6 Å². The lowest BCUT2D eigenvalue weighted by atomic mass is 10.1. The van der Waals surface area contributed by atoms with Crippen molar-refractivity contribution in [3.05, 3.63) is 80.7 Å². The predicted octanol–water partition coefficient (Wildman–Crippen LogP) is 5.66. The smallest absolute Gasteiger partial charge is 0.348 e. The van der Waals surface area contributed by atoms with Gasteiger partial charge in [-0.1, -0.05) is 24.3 Å². The number of rotatable bonds is 6. The van der Waals surface area contributed by atoms with Crippen molar-refractivity contribution in [2.75, 3.05) is 17.2 Å². The van der Waals surface area contributed by atoms with E-state index in [1.165, 1.54) is 0 Å². The lowest BCUT2D eigenvalue weighted by Crippen LogP contribution is -2.18. The van der Waals surface area contributed by atoms with Gasteiger partial charge < -0.3 is 15.4 Å². The second kappa shape index (κ2) is 9.78. The molecular formula is C25H26N2O4S. The zero-order chi connectivity index (χ0) is 23.4. The number of hydrogen-bond donors (Lipinski definition) is 2. The number of amides is 2. The number of anilines is 2. The van der Waals surface area contributed by atoms with E-state index in [0.29, 0.717) is 21.8 Å². The van der Waals surface area contributed by atoms with E-state index >= 15 is 0 Å². The number of thiophene rings is 1. The third kappa shape index (κ3) is 4.89. The molecule has 2 aromatic carbocycles. The van der Waals surface area contributed by atoms with Crippen LogP contribution in [-0.2, 0) is 4.74 Å². The molecule has 0 aliphatic carbocycles. The summed E-state index contributed by atoms with van der Waals surface area (Å²) in [6, 6.07) is 12.8. The van der Waals surface area contributed by atoms with E-state index in [4.69, 9.17) is 4.74 Å². The average molecular weight is 451 g/mol. The molecule has 0 spiro atoms. The van der Waals surface area contributed by atoms with E-state index in [1.54, 1.807) is 26.0 Å². The number of esters is 1. The Labute approximate surface area is 191 Å². The summed E-state index contributed by atoms with van der Waals surface area (Å²) in [5, 5.41) is 6.01. The first kappa shape index (κ1) is 23.2. The van der Waals surface area contributed by atoms with Gasteiger partial charge in [-0.25, -0.2) is 4.79 Å². The molecule has 0 bridgehead atoms. The van der Waals surface area contributed by atoms with Crippen LogP contribution in [0.1, 0.15) is 59.6 Å². The first-order valence-corrected chi connectivity index (χ1v) is 11.1. The SMILES string of the molecule is CCOC(=O)c1sc(NC(=O)c2ccccc2C)c(C(=O)Nc2ccc(C)c(C)c2)c1C. The minimum atomic E-state index is -0.522. The fourth-order valence-electron chi connectivity index (χ4n) is 3.28. The molecule has 0 fully saturated rings. The number of ether oxygens (including phenoxy) is 1. The van der Waals surface area contributed by atoms with Crippen molar-refractivity contribution in [2.45, 2.75) is 34.6 Å². The van der Waals surface area contributed by atoms with E-state index in [9.17, 15) is 14.4 Å². The molecule has 3 aromatic rings. The van der Waals surface area contributed by atoms with Crippen LogP contribution in [0.3, 0.4) is 0 Å². The maximum absolute atomic E-state index is 13.2. The Balaban J connectivity index is 1.99. The monoisotopic (exact) mass is 450 g/mol. The number of carbonyl (C=O) groups is 3. The Bertz CT molecular complexity index is 1200. The summed E-state index contributed by atoms with van der Waals surface area (Å²) in [4.78, 5) is 38.9. The first-order valence-electron chi connectivity index (χ1n) is 10.3. The Morgan fingerprint density at radius 3 is 2.25 bits per heavy atom. The Morgan fingerprint density at radius 2 is 1.59 bits per heavy atom. The summed E-state index contributed by atoms with van der Waals surface area (Å²) < 4.78 is 5.14. The molecule has 0 radical (unpaired) electrons. The number of nitrogens with one attached hydrogen (secondary N) is 2. The summed E-state index contributed by atoms with van der Waals surface area (Å²) >= 11 is 1.04. The third-order valence-corrected chi connectivity index (χ3v) is 6.40. The quantitative estimate of drug-likeness (QED) is 0.474. The molecule has 0 atom stereocenters. The summed E-state index contributed by atoms with van der Waals surface area (Å²) in [6.07, 6.45) is 0. The van der Waals surface area contributed by atoms with Crippen molar-refractivity contribution in [1.82, 2.24) is 0 Å². The number of aryl methyl sites for hydroxylation is 3. The van der Waals surface area contributed by atoms with Gasteiger partial charge in [-0.2, -0.15) is 0 Å². The molecule has 6 nitrogen and oxygen atoms in total. The third-order valence-electron chi connectivity index (χ3n) is 5.22. The van der Waals surface area contributed by atoms with Crippen molar-refractivity contribution in [1.29, 1.82) is 0 Å². The van der Waals surface area contributed by atoms with Gasteiger partial charge in [-0.05, 0) is 75.1 Å². The highest BCUT2D eigenvalue weighted by atomic mass is 32.1. The van der Waals surface area contributed by atoms with Gasteiger partial charge in [0.15, 0.2) is 0 Å². The molecule has 2 N–H and O–H groups in total. The molecule has 32 heavy (non-hydrogen) atoms. The molecule has 0 saturated carbocycles. The Kier molecular flexibility index (Phi) is 7.10. The molecule has 3 rings (SSSR count). The average Bonchev–Trinajstić information content (AvgIpc) is 3.07. The van der Waals surface area contributed by atoms with Crippen LogP contribution in [0, 0.1) is 27.7 Å². The lowest BCUT2D eigenvalue weighted by molar-refractivity contribution is 0.0531. The molecule has 0 aliphatic heterocycles. The van der Waals surface area contributed by atoms with Crippen molar-refractivity contribution >= 4 is 39.8 Å². The van der Waals surface area contributed by atoms with Crippen LogP contribution >= 0.6 is 11.3 Å². The fraction of sp³-hybridized carbons (Fsp3) is 0.240. The van der Waals surface area contributed by atoms with E-state index in [0.717, 1.165) is 28.0 Å². The van der Waals surface area contributed by atoms with Gasteiger partial charge in [-0.15, -0.1) is 11.3 Å². The van der Waals surface area contributed by atoms with E-state index in [2.05, 4.69) is 10.6 Å². The van der Waals surface area contributed by atoms with Crippen LogP contribution in [0.15, 0.2) is 42.5 Å². The van der Waals surface area contributed by atoms with Crippen LogP contribution in [0.25, 0.3) is 0 Å². The molecule has 166 valence electrons. The number of benzene rings is 2. The normalized spacial score (nSPS) is 10.5. The zero-order valence-corrected chi connectivity index (χ0v) is 19.6. The van der Waals surface area contributed by atoms with Gasteiger partial charge >= 0.3 is 5.97 Å². The molecular weight excluding hydrogens is 424 g/mol. The summed E-state index contributed by atoms with van der Waals surface area (Å²) in [5.74, 6) is -1.27. The van der Waals surface area contributed by atoms with Crippen molar-refractivity contribution < 1.29 is 19.1 Å². The maximum Gasteiger partial charge on any atom is 0.348 e. The Hall–Kier alpha value is -3.45. The van der Waals surface area contributed by atoms with Crippen LogP contribution in [-0.4, -0.2) is 24.4 Å². The second-order valence-corrected chi connectivity index (χ2v) is 8.52. The van der Waals surface area contributed by atoms with Crippen molar-refractivity contribution in [2.24, 2.45) is 0 Å². The van der Waals surface area contributed by atoms with Crippen LogP contribution in [0.2, 0.25) is 0 Å². The number of carbonyl (C=O) groups excluding carboxylic acids is 3. The van der Waals surface area contributed by atoms with Gasteiger partial charge in [0.1, 0.15) is 9.88 Å². The maximum atomic E-state index is 13.2. The molecule has 0 aliphatic rings. The summed E-state index contributed by atoms with van der Waals surface area (Å²) in [5.41, 5.74) is 4.82. The molecule has 2 amide bonds. The van der Waals surface area contributed by atoms with Crippen LogP contribution in [0.4, 0.5) is 10.7 Å². The standard InChI is InChI=1S/C25H26N2O4S/c1-6-31-25(30)21-17(5)20(23(29)26-18-12-11-14(2)16(4)13-18)24(32-21)27-22(28)19-10-8-7-9-15(19)3/h7-13H,6H2,1-5H3,(H,26,29)(H,27,28). The lowest BCUT2D eigenvalue weighted by Gasteiger charge is -2.11. The Morgan fingerprint density at radius 1 is 0.875 bits per heavy atom.